The first-order chi connectivity index (χ1) is 8.74. The third-order valence-corrected chi connectivity index (χ3v) is 5.04. The van der Waals surface area contributed by atoms with Gasteiger partial charge in [0.2, 0.25) is 0 Å². The van der Waals surface area contributed by atoms with E-state index in [0.29, 0.717) is 12.8 Å². The Kier molecular flexibility index (Phi) is 3.48. The highest BCUT2D eigenvalue weighted by molar-refractivity contribution is 7.92. The Labute approximate surface area is 108 Å². The van der Waals surface area contributed by atoms with Crippen LogP contribution in [0.4, 0.5) is 13.2 Å². The first-order valence-electron chi connectivity index (χ1n) is 5.56. The van der Waals surface area contributed by atoms with Crippen LogP contribution in [0.2, 0.25) is 0 Å². The van der Waals surface area contributed by atoms with E-state index in [-0.39, 0.29) is 17.0 Å². The van der Waals surface area contributed by atoms with Crippen molar-refractivity contribution >= 4 is 9.84 Å². The zero-order valence-corrected chi connectivity index (χ0v) is 10.6. The van der Waals surface area contributed by atoms with Gasteiger partial charge in [-0.1, -0.05) is 6.07 Å². The van der Waals surface area contributed by atoms with Gasteiger partial charge in [-0.2, -0.15) is 0 Å². The lowest BCUT2D eigenvalue weighted by Crippen LogP contribution is -2.19. The lowest BCUT2D eigenvalue weighted by atomic mass is 10.2. The van der Waals surface area contributed by atoms with E-state index in [1.54, 1.807) is 0 Å². The zero-order chi connectivity index (χ0) is 14.3. The van der Waals surface area contributed by atoms with Crippen molar-refractivity contribution < 1.29 is 26.3 Å². The molecule has 0 unspecified atom stereocenters. The number of sulfone groups is 1. The molecule has 1 aromatic carbocycles. The van der Waals surface area contributed by atoms with Crippen molar-refractivity contribution in [3.05, 3.63) is 23.8 Å². The minimum atomic E-state index is -4.88. The molecular weight excluding hydrogens is 283 g/mol. The van der Waals surface area contributed by atoms with Crippen LogP contribution in [0, 0.1) is 0 Å². The van der Waals surface area contributed by atoms with Crippen LogP contribution >= 0.6 is 0 Å². The van der Waals surface area contributed by atoms with Gasteiger partial charge in [0.05, 0.1) is 10.1 Å². The van der Waals surface area contributed by atoms with E-state index in [1.807, 2.05) is 0 Å². The molecule has 1 fully saturated rings. The van der Waals surface area contributed by atoms with Crippen LogP contribution in [-0.4, -0.2) is 20.0 Å². The van der Waals surface area contributed by atoms with Crippen molar-refractivity contribution in [3.63, 3.8) is 0 Å². The number of alkyl halides is 3. The van der Waals surface area contributed by atoms with Crippen LogP contribution in [-0.2, 0) is 16.4 Å². The van der Waals surface area contributed by atoms with Crippen molar-refractivity contribution in [3.8, 4) is 5.75 Å². The van der Waals surface area contributed by atoms with E-state index in [9.17, 15) is 21.6 Å². The third kappa shape index (κ3) is 3.19. The summed E-state index contributed by atoms with van der Waals surface area (Å²) in [5.74, 6) is -0.559. The topological polar surface area (TPSA) is 69.4 Å². The van der Waals surface area contributed by atoms with Gasteiger partial charge in [-0.15, -0.1) is 13.2 Å². The smallest absolute Gasteiger partial charge is 0.405 e. The lowest BCUT2D eigenvalue weighted by molar-refractivity contribution is -0.275. The summed E-state index contributed by atoms with van der Waals surface area (Å²) in [4.78, 5) is -0.161. The molecule has 0 bridgehead atoms. The molecule has 2 rings (SSSR count). The maximum absolute atomic E-state index is 12.2. The van der Waals surface area contributed by atoms with Gasteiger partial charge < -0.3 is 10.5 Å². The van der Waals surface area contributed by atoms with Crippen molar-refractivity contribution in [2.75, 3.05) is 0 Å². The SMILES string of the molecule is NCc1ccc(S(=O)(=O)C2CC2)cc1OC(F)(F)F. The van der Waals surface area contributed by atoms with Crippen LogP contribution < -0.4 is 10.5 Å². The maximum Gasteiger partial charge on any atom is 0.573 e. The van der Waals surface area contributed by atoms with Crippen molar-refractivity contribution in [1.29, 1.82) is 0 Å². The molecule has 0 radical (unpaired) electrons. The van der Waals surface area contributed by atoms with Crippen LogP contribution in [0.25, 0.3) is 0 Å². The molecule has 0 saturated heterocycles. The molecule has 1 aromatic rings. The fourth-order valence-electron chi connectivity index (χ4n) is 1.67. The second-order valence-electron chi connectivity index (χ2n) is 4.27. The monoisotopic (exact) mass is 295 g/mol. The maximum atomic E-state index is 12.2. The van der Waals surface area contributed by atoms with Crippen molar-refractivity contribution in [1.82, 2.24) is 0 Å². The molecule has 0 atom stereocenters. The summed E-state index contributed by atoms with van der Waals surface area (Å²) in [6.45, 7) is -0.171. The standard InChI is InChI=1S/C11H12F3NO3S/c12-11(13,14)18-10-5-9(2-1-7(10)6-15)19(16,17)8-3-4-8/h1-2,5,8H,3-4,6,15H2. The summed E-state index contributed by atoms with van der Waals surface area (Å²) in [6.07, 6.45) is -3.81. The van der Waals surface area contributed by atoms with E-state index in [2.05, 4.69) is 4.74 Å². The molecule has 2 N–H and O–H groups in total. The largest absolute Gasteiger partial charge is 0.573 e. The predicted molar refractivity (Wildman–Crippen MR) is 61.2 cm³/mol. The van der Waals surface area contributed by atoms with E-state index in [4.69, 9.17) is 5.73 Å². The molecule has 0 heterocycles. The molecule has 106 valence electrons. The Balaban J connectivity index is 2.41. The van der Waals surface area contributed by atoms with Gasteiger partial charge in [-0.25, -0.2) is 8.42 Å². The third-order valence-electron chi connectivity index (χ3n) is 2.78. The molecule has 1 saturated carbocycles. The molecule has 0 aromatic heterocycles. The molecule has 8 heteroatoms. The van der Waals surface area contributed by atoms with Gasteiger partial charge in [0.25, 0.3) is 0 Å². The number of nitrogens with two attached hydrogens (primary N) is 1. The van der Waals surface area contributed by atoms with Crippen LogP contribution in [0.15, 0.2) is 23.1 Å². The Morgan fingerprint density at radius 1 is 1.32 bits per heavy atom. The van der Waals surface area contributed by atoms with Gasteiger partial charge >= 0.3 is 6.36 Å². The second kappa shape index (κ2) is 4.68. The van der Waals surface area contributed by atoms with Crippen LogP contribution in [0.3, 0.4) is 0 Å². The normalized spacial score (nSPS) is 16.4. The average Bonchev–Trinajstić information content (AvgIpc) is 3.10. The Morgan fingerprint density at radius 2 is 1.95 bits per heavy atom. The number of hydrogen-bond acceptors (Lipinski definition) is 4. The Hall–Kier alpha value is -1.28. The highest BCUT2D eigenvalue weighted by Gasteiger charge is 2.38. The average molecular weight is 295 g/mol. The Bertz CT molecular complexity index is 579. The van der Waals surface area contributed by atoms with Gasteiger partial charge in [-0.3, -0.25) is 0 Å². The molecule has 0 aliphatic heterocycles. The van der Waals surface area contributed by atoms with Crippen molar-refractivity contribution in [2.24, 2.45) is 5.73 Å². The molecule has 1 aliphatic carbocycles. The molecule has 0 amide bonds. The number of ether oxygens (including phenoxy) is 1. The highest BCUT2D eigenvalue weighted by atomic mass is 32.2. The summed E-state index contributed by atoms with van der Waals surface area (Å²) in [6, 6.07) is 3.40. The van der Waals surface area contributed by atoms with Gasteiger partial charge in [0, 0.05) is 12.1 Å². The molecule has 0 spiro atoms. The van der Waals surface area contributed by atoms with Crippen molar-refractivity contribution in [2.45, 2.75) is 35.9 Å². The quantitative estimate of drug-likeness (QED) is 0.922. The fraction of sp³-hybridized carbons (Fsp3) is 0.455. The zero-order valence-electron chi connectivity index (χ0n) is 9.77. The van der Waals surface area contributed by atoms with Gasteiger partial charge in [0.1, 0.15) is 5.75 Å². The fourth-order valence-corrected chi connectivity index (χ4v) is 3.34. The summed E-state index contributed by atoms with van der Waals surface area (Å²) in [5.41, 5.74) is 5.41. The van der Waals surface area contributed by atoms with E-state index in [0.717, 1.165) is 6.07 Å². The van der Waals surface area contributed by atoms with Crippen LogP contribution in [0.1, 0.15) is 18.4 Å². The molecule has 4 nitrogen and oxygen atoms in total. The second-order valence-corrected chi connectivity index (χ2v) is 6.49. The highest BCUT2D eigenvalue weighted by Crippen LogP contribution is 2.36. The molecular formula is C11H12F3NO3S. The minimum absolute atomic E-state index is 0.104. The molecule has 1 aliphatic rings. The lowest BCUT2D eigenvalue weighted by Gasteiger charge is -2.14. The van der Waals surface area contributed by atoms with E-state index in [1.165, 1.54) is 12.1 Å². The first-order valence-corrected chi connectivity index (χ1v) is 7.11. The summed E-state index contributed by atoms with van der Waals surface area (Å²) in [5, 5.41) is -0.491. The number of rotatable bonds is 4. The summed E-state index contributed by atoms with van der Waals surface area (Å²) < 4.78 is 64.4. The van der Waals surface area contributed by atoms with E-state index < -0.39 is 27.2 Å². The van der Waals surface area contributed by atoms with Gasteiger partial charge in [0.15, 0.2) is 9.84 Å². The number of halogens is 3. The van der Waals surface area contributed by atoms with Crippen LogP contribution in [0.5, 0.6) is 5.75 Å². The first kappa shape index (κ1) is 14.1. The number of benzene rings is 1. The minimum Gasteiger partial charge on any atom is -0.405 e. The number of hydrogen-bond donors (Lipinski definition) is 1. The molecule has 19 heavy (non-hydrogen) atoms. The van der Waals surface area contributed by atoms with E-state index >= 15 is 0 Å². The predicted octanol–water partition coefficient (Wildman–Crippen LogP) is 1.98. The Morgan fingerprint density at radius 3 is 2.42 bits per heavy atom. The van der Waals surface area contributed by atoms with Gasteiger partial charge in [-0.05, 0) is 25.0 Å². The summed E-state index contributed by atoms with van der Waals surface area (Å²) >= 11 is 0. The summed E-state index contributed by atoms with van der Waals surface area (Å²) in [7, 11) is -3.56.